The lowest BCUT2D eigenvalue weighted by molar-refractivity contribution is -0.491. The summed E-state index contributed by atoms with van der Waals surface area (Å²) in [6.45, 7) is 4.51. The average Bonchev–Trinajstić information content (AvgIpc) is 2.72. The Morgan fingerprint density at radius 1 is 1.11 bits per heavy atom. The molecule has 6 heteroatoms. The van der Waals surface area contributed by atoms with E-state index in [2.05, 4.69) is 68.7 Å². The van der Waals surface area contributed by atoms with Crippen LogP contribution in [-0.2, 0) is 11.3 Å². The van der Waals surface area contributed by atoms with E-state index in [0.717, 1.165) is 12.2 Å². The van der Waals surface area contributed by atoms with Crippen molar-refractivity contribution in [3.05, 3.63) is 72.1 Å². The number of hydrogen-bond acceptors (Lipinski definition) is 4. The second-order valence-corrected chi connectivity index (χ2v) is 6.36. The van der Waals surface area contributed by atoms with Crippen molar-refractivity contribution >= 4 is 12.2 Å². The number of allylic oxidation sites excluding steroid dienone is 1. The molecule has 0 aliphatic heterocycles. The SMILES string of the molecule is CNC=[N+](Cc1ccc(-c2ccccc2)cc1)/C(C)=C/NC(N)N=C(C)OC. The standard InChI is InChI=1S/C22H29N5O/c1-17(14-25-22(23)26-18(2)28-4)27(16-24-3)15-19-10-12-21(13-11-19)20-8-6-5-7-9-20/h5-14,16,22,25H,15,23H2,1-4H3/p+1/b17-14+,26-18?. The van der Waals surface area contributed by atoms with Gasteiger partial charge in [0.1, 0.15) is 12.2 Å². The van der Waals surface area contributed by atoms with Crippen molar-refractivity contribution in [2.24, 2.45) is 10.7 Å². The van der Waals surface area contributed by atoms with E-state index in [1.165, 1.54) is 16.7 Å². The molecule has 0 fully saturated rings. The molecular weight excluding hydrogens is 350 g/mol. The Morgan fingerprint density at radius 3 is 2.36 bits per heavy atom. The van der Waals surface area contributed by atoms with Crippen LogP contribution in [0.5, 0.6) is 0 Å². The predicted molar refractivity (Wildman–Crippen MR) is 116 cm³/mol. The lowest BCUT2D eigenvalue weighted by atomic mass is 10.0. The summed E-state index contributed by atoms with van der Waals surface area (Å²) >= 11 is 0. The smallest absolute Gasteiger partial charge is 0.236 e. The molecule has 0 aromatic heterocycles. The summed E-state index contributed by atoms with van der Waals surface area (Å²) in [6, 6.07) is 19.0. The Bertz CT molecular complexity index is 826. The summed E-state index contributed by atoms with van der Waals surface area (Å²) in [5.41, 5.74) is 10.6. The van der Waals surface area contributed by atoms with Crippen LogP contribution < -0.4 is 16.4 Å². The average molecular weight is 381 g/mol. The highest BCUT2D eigenvalue weighted by Gasteiger charge is 2.07. The maximum absolute atomic E-state index is 5.93. The third-order valence-corrected chi connectivity index (χ3v) is 4.23. The third-order valence-electron chi connectivity index (χ3n) is 4.23. The molecule has 0 amide bonds. The Hall–Kier alpha value is -3.12. The zero-order valence-electron chi connectivity index (χ0n) is 17.0. The Labute approximate surface area is 167 Å². The van der Waals surface area contributed by atoms with Gasteiger partial charge in [0.15, 0.2) is 12.2 Å². The van der Waals surface area contributed by atoms with E-state index >= 15 is 0 Å². The summed E-state index contributed by atoms with van der Waals surface area (Å²) in [4.78, 5) is 4.17. The molecule has 6 nitrogen and oxygen atoms in total. The fourth-order valence-electron chi connectivity index (χ4n) is 2.63. The first-order valence-electron chi connectivity index (χ1n) is 9.22. The number of rotatable bonds is 8. The van der Waals surface area contributed by atoms with Gasteiger partial charge in [-0.15, -0.1) is 0 Å². The van der Waals surface area contributed by atoms with Crippen LogP contribution in [0.4, 0.5) is 0 Å². The van der Waals surface area contributed by atoms with E-state index in [0.29, 0.717) is 5.90 Å². The molecule has 1 unspecified atom stereocenters. The number of nitrogens with zero attached hydrogens (tertiary/aromatic N) is 2. The van der Waals surface area contributed by atoms with Crippen LogP contribution in [-0.4, -0.2) is 37.3 Å². The molecule has 0 radical (unpaired) electrons. The van der Waals surface area contributed by atoms with Crippen molar-refractivity contribution in [1.29, 1.82) is 0 Å². The molecule has 2 aromatic rings. The highest BCUT2D eigenvalue weighted by Crippen LogP contribution is 2.19. The number of nitrogens with two attached hydrogens (primary N) is 1. The molecule has 2 aromatic carbocycles. The van der Waals surface area contributed by atoms with Gasteiger partial charge in [-0.2, -0.15) is 0 Å². The molecule has 0 bridgehead atoms. The number of ether oxygens (including phenoxy) is 1. The first kappa shape index (κ1) is 21.2. The first-order chi connectivity index (χ1) is 13.5. The zero-order chi connectivity index (χ0) is 20.4. The summed E-state index contributed by atoms with van der Waals surface area (Å²) < 4.78 is 7.12. The van der Waals surface area contributed by atoms with Gasteiger partial charge in [-0.3, -0.25) is 11.1 Å². The van der Waals surface area contributed by atoms with Gasteiger partial charge in [-0.05, 0) is 23.6 Å². The highest BCUT2D eigenvalue weighted by molar-refractivity contribution is 5.73. The van der Waals surface area contributed by atoms with Gasteiger partial charge in [0.25, 0.3) is 0 Å². The van der Waals surface area contributed by atoms with E-state index in [1.807, 2.05) is 32.6 Å². The van der Waals surface area contributed by atoms with Crippen LogP contribution in [0.3, 0.4) is 0 Å². The summed E-state index contributed by atoms with van der Waals surface area (Å²) in [6.07, 6.45) is 3.22. The molecule has 1 atom stereocenters. The minimum absolute atomic E-state index is 0.531. The predicted octanol–water partition coefficient (Wildman–Crippen LogP) is 2.87. The Morgan fingerprint density at radius 2 is 1.75 bits per heavy atom. The lowest BCUT2D eigenvalue weighted by Crippen LogP contribution is -2.33. The molecule has 0 aliphatic rings. The molecule has 28 heavy (non-hydrogen) atoms. The van der Waals surface area contributed by atoms with Crippen molar-refractivity contribution in [2.45, 2.75) is 26.7 Å². The van der Waals surface area contributed by atoms with Gasteiger partial charge in [-0.25, -0.2) is 9.57 Å². The highest BCUT2D eigenvalue weighted by atomic mass is 16.5. The van der Waals surface area contributed by atoms with Gasteiger partial charge >= 0.3 is 0 Å². The Balaban J connectivity index is 2.08. The maximum atomic E-state index is 5.93. The van der Waals surface area contributed by atoms with Crippen LogP contribution in [0.25, 0.3) is 11.1 Å². The minimum atomic E-state index is -0.559. The van der Waals surface area contributed by atoms with Gasteiger partial charge in [0, 0.05) is 13.1 Å². The molecule has 4 N–H and O–H groups in total. The number of methoxy groups -OCH3 is 1. The van der Waals surface area contributed by atoms with Crippen molar-refractivity contribution in [3.8, 4) is 11.1 Å². The van der Waals surface area contributed by atoms with E-state index in [-0.39, 0.29) is 0 Å². The molecule has 0 spiro atoms. The lowest BCUT2D eigenvalue weighted by Gasteiger charge is -2.11. The van der Waals surface area contributed by atoms with Crippen LogP contribution >= 0.6 is 0 Å². The monoisotopic (exact) mass is 380 g/mol. The second-order valence-electron chi connectivity index (χ2n) is 6.36. The third kappa shape index (κ3) is 6.55. The molecular formula is C22H30N5O+. The van der Waals surface area contributed by atoms with E-state index < -0.39 is 6.29 Å². The fraction of sp³-hybridized carbons (Fsp3) is 0.273. The van der Waals surface area contributed by atoms with Crippen LogP contribution in [0, 0.1) is 0 Å². The van der Waals surface area contributed by atoms with Gasteiger partial charge in [-0.1, -0.05) is 54.6 Å². The summed E-state index contributed by atoms with van der Waals surface area (Å²) in [5.74, 6) is 0.531. The number of nitrogens with one attached hydrogen (secondary N) is 2. The molecule has 148 valence electrons. The molecule has 0 heterocycles. The van der Waals surface area contributed by atoms with Crippen molar-refractivity contribution < 1.29 is 9.31 Å². The molecule has 0 aliphatic carbocycles. The largest absolute Gasteiger partial charge is 0.484 e. The number of aliphatic imine (C=N–C) groups is 1. The number of hydrogen-bond donors (Lipinski definition) is 3. The molecule has 0 saturated carbocycles. The molecule has 2 rings (SSSR count). The normalized spacial score (nSPS) is 13.8. The van der Waals surface area contributed by atoms with Gasteiger partial charge in [0.2, 0.25) is 6.34 Å². The van der Waals surface area contributed by atoms with Gasteiger partial charge < -0.3 is 10.1 Å². The van der Waals surface area contributed by atoms with E-state index in [1.54, 1.807) is 14.0 Å². The maximum Gasteiger partial charge on any atom is 0.236 e. The first-order valence-corrected chi connectivity index (χ1v) is 9.22. The van der Waals surface area contributed by atoms with E-state index in [9.17, 15) is 0 Å². The Kier molecular flexibility index (Phi) is 8.24. The van der Waals surface area contributed by atoms with Crippen molar-refractivity contribution in [1.82, 2.24) is 10.6 Å². The van der Waals surface area contributed by atoms with Crippen LogP contribution in [0.15, 0.2) is 71.5 Å². The molecule has 0 saturated heterocycles. The fourth-order valence-corrected chi connectivity index (χ4v) is 2.63. The number of benzene rings is 2. The van der Waals surface area contributed by atoms with Crippen molar-refractivity contribution in [3.63, 3.8) is 0 Å². The van der Waals surface area contributed by atoms with E-state index in [4.69, 9.17) is 10.5 Å². The topological polar surface area (TPSA) is 74.7 Å². The van der Waals surface area contributed by atoms with Crippen molar-refractivity contribution in [2.75, 3.05) is 14.2 Å². The quantitative estimate of drug-likeness (QED) is 0.285. The minimum Gasteiger partial charge on any atom is -0.484 e. The van der Waals surface area contributed by atoms with Crippen LogP contribution in [0.1, 0.15) is 19.4 Å². The summed E-state index contributed by atoms with van der Waals surface area (Å²) in [7, 11) is 3.45. The van der Waals surface area contributed by atoms with Gasteiger partial charge in [0.05, 0.1) is 14.2 Å². The zero-order valence-corrected chi connectivity index (χ0v) is 17.0. The summed E-state index contributed by atoms with van der Waals surface area (Å²) in [5, 5.41) is 6.15. The second kappa shape index (κ2) is 10.9. The van der Waals surface area contributed by atoms with Crippen LogP contribution in [0.2, 0.25) is 0 Å².